The Balaban J connectivity index is 2.54. The molecular weight excluding hydrogens is 253 g/mol. The van der Waals surface area contributed by atoms with Crippen molar-refractivity contribution in [2.45, 2.75) is 13.2 Å². The van der Waals surface area contributed by atoms with Crippen LogP contribution in [0, 0.1) is 0 Å². The van der Waals surface area contributed by atoms with Crippen LogP contribution in [0.3, 0.4) is 0 Å². The summed E-state index contributed by atoms with van der Waals surface area (Å²) in [7, 11) is 2.96. The van der Waals surface area contributed by atoms with Crippen molar-refractivity contribution in [1.29, 1.82) is 0 Å². The van der Waals surface area contributed by atoms with E-state index in [4.69, 9.17) is 19.7 Å². The van der Waals surface area contributed by atoms with Gasteiger partial charge in [-0.25, -0.2) is 4.39 Å². The maximum Gasteiger partial charge on any atom is 0.240 e. The number of aromatic nitrogens is 2. The molecule has 1 aromatic carbocycles. The van der Waals surface area contributed by atoms with Crippen molar-refractivity contribution in [3.63, 3.8) is 0 Å². The molecule has 0 saturated heterocycles. The van der Waals surface area contributed by atoms with Gasteiger partial charge in [-0.2, -0.15) is 4.98 Å². The van der Waals surface area contributed by atoms with Crippen LogP contribution in [0.5, 0.6) is 11.5 Å². The van der Waals surface area contributed by atoms with Crippen molar-refractivity contribution >= 4 is 0 Å². The summed E-state index contributed by atoms with van der Waals surface area (Å²) in [6.45, 7) is -0.525. The van der Waals surface area contributed by atoms with E-state index >= 15 is 0 Å². The molecule has 0 atom stereocenters. The highest BCUT2D eigenvalue weighted by Gasteiger charge is 2.17. The molecule has 1 heterocycles. The highest BCUT2D eigenvalue weighted by Crippen LogP contribution is 2.35. The van der Waals surface area contributed by atoms with Crippen LogP contribution < -0.4 is 15.2 Å². The second-order valence-corrected chi connectivity index (χ2v) is 3.71. The predicted molar refractivity (Wildman–Crippen MR) is 65.5 cm³/mol. The Hall–Kier alpha value is -2.15. The smallest absolute Gasteiger partial charge is 0.240 e. The number of nitrogens with two attached hydrogens (primary N) is 1. The van der Waals surface area contributed by atoms with Gasteiger partial charge in [0, 0.05) is 11.6 Å². The van der Waals surface area contributed by atoms with Gasteiger partial charge < -0.3 is 19.7 Å². The van der Waals surface area contributed by atoms with E-state index in [9.17, 15) is 4.39 Å². The number of ether oxygens (including phenoxy) is 2. The van der Waals surface area contributed by atoms with E-state index in [1.54, 1.807) is 12.1 Å². The number of methoxy groups -OCH3 is 2. The molecule has 19 heavy (non-hydrogen) atoms. The minimum atomic E-state index is -0.665. The van der Waals surface area contributed by atoms with E-state index in [2.05, 4.69) is 10.1 Å². The molecule has 102 valence electrons. The fraction of sp³-hybridized carbons (Fsp3) is 0.333. The average Bonchev–Trinajstić information content (AvgIpc) is 2.94. The summed E-state index contributed by atoms with van der Waals surface area (Å²) >= 11 is 0. The fourth-order valence-electron chi connectivity index (χ4n) is 1.69. The van der Waals surface area contributed by atoms with Crippen LogP contribution in [0.4, 0.5) is 4.39 Å². The first-order chi connectivity index (χ1) is 9.23. The number of hydrogen-bond acceptors (Lipinski definition) is 6. The molecule has 0 unspecified atom stereocenters. The molecule has 0 saturated carbocycles. The molecule has 2 rings (SSSR count). The van der Waals surface area contributed by atoms with Crippen molar-refractivity contribution in [3.05, 3.63) is 23.6 Å². The standard InChI is InChI=1S/C12H14FN3O3/c1-17-9-4-10(18-2)8(3-7(9)5-13)12-15-11(6-14)19-16-12/h3-4H,5-6,14H2,1-2H3. The first-order valence-corrected chi connectivity index (χ1v) is 5.57. The van der Waals surface area contributed by atoms with Crippen LogP contribution in [-0.2, 0) is 13.2 Å². The molecule has 7 heteroatoms. The van der Waals surface area contributed by atoms with E-state index in [0.29, 0.717) is 34.3 Å². The number of halogens is 1. The predicted octanol–water partition coefficient (Wildman–Crippen LogP) is 1.68. The first-order valence-electron chi connectivity index (χ1n) is 5.57. The summed E-state index contributed by atoms with van der Waals surface area (Å²) in [5, 5.41) is 3.79. The van der Waals surface area contributed by atoms with Crippen molar-refractivity contribution in [2.75, 3.05) is 14.2 Å². The first kappa shape index (κ1) is 13.3. The second-order valence-electron chi connectivity index (χ2n) is 3.71. The van der Waals surface area contributed by atoms with Gasteiger partial charge in [0.1, 0.15) is 18.2 Å². The highest BCUT2D eigenvalue weighted by atomic mass is 19.1. The van der Waals surface area contributed by atoms with Crippen molar-refractivity contribution in [1.82, 2.24) is 10.1 Å². The summed E-state index contributed by atoms with van der Waals surface area (Å²) < 4.78 is 28.2. The van der Waals surface area contributed by atoms with Crippen LogP contribution in [0.15, 0.2) is 16.7 Å². The Labute approximate surface area is 109 Å². The lowest BCUT2D eigenvalue weighted by molar-refractivity contribution is 0.377. The lowest BCUT2D eigenvalue weighted by Gasteiger charge is -2.11. The number of hydrogen-bond donors (Lipinski definition) is 1. The normalized spacial score (nSPS) is 10.5. The summed E-state index contributed by atoms with van der Waals surface area (Å²) in [5.41, 5.74) is 6.32. The summed E-state index contributed by atoms with van der Waals surface area (Å²) in [4.78, 5) is 4.09. The van der Waals surface area contributed by atoms with Gasteiger partial charge in [-0.15, -0.1) is 0 Å². The Kier molecular flexibility index (Phi) is 3.96. The third-order valence-electron chi connectivity index (χ3n) is 2.63. The van der Waals surface area contributed by atoms with Crippen LogP contribution in [-0.4, -0.2) is 24.4 Å². The molecule has 6 nitrogen and oxygen atoms in total. The van der Waals surface area contributed by atoms with Crippen LogP contribution in [0.25, 0.3) is 11.4 Å². The molecule has 2 N–H and O–H groups in total. The minimum Gasteiger partial charge on any atom is -0.496 e. The van der Waals surface area contributed by atoms with Crippen molar-refractivity contribution in [2.24, 2.45) is 5.73 Å². The molecule has 0 amide bonds. The molecule has 0 aliphatic carbocycles. The summed E-state index contributed by atoms with van der Waals surface area (Å²) in [6, 6.07) is 3.16. The maximum atomic E-state index is 13.0. The third-order valence-corrected chi connectivity index (χ3v) is 2.63. The number of rotatable bonds is 5. The zero-order chi connectivity index (χ0) is 13.8. The summed E-state index contributed by atoms with van der Waals surface area (Å²) in [6.07, 6.45) is 0. The van der Waals surface area contributed by atoms with Crippen molar-refractivity contribution in [3.8, 4) is 22.9 Å². The molecule has 0 bridgehead atoms. The Bertz CT molecular complexity index is 571. The van der Waals surface area contributed by atoms with Gasteiger partial charge in [-0.05, 0) is 6.07 Å². The van der Waals surface area contributed by atoms with Gasteiger partial charge in [0.2, 0.25) is 11.7 Å². The van der Waals surface area contributed by atoms with Crippen LogP contribution >= 0.6 is 0 Å². The number of nitrogens with zero attached hydrogens (tertiary/aromatic N) is 2. The van der Waals surface area contributed by atoms with Gasteiger partial charge in [0.25, 0.3) is 0 Å². The molecule has 0 aliphatic rings. The minimum absolute atomic E-state index is 0.140. The van der Waals surface area contributed by atoms with Crippen LogP contribution in [0.2, 0.25) is 0 Å². The molecule has 2 aromatic rings. The highest BCUT2D eigenvalue weighted by molar-refractivity contribution is 5.67. The molecular formula is C12H14FN3O3. The van der Waals surface area contributed by atoms with Crippen LogP contribution in [0.1, 0.15) is 11.5 Å². The number of alkyl halides is 1. The van der Waals surface area contributed by atoms with E-state index in [1.807, 2.05) is 0 Å². The Morgan fingerprint density at radius 2 is 2.00 bits per heavy atom. The van der Waals surface area contributed by atoms with Gasteiger partial charge in [0.15, 0.2) is 0 Å². The number of benzene rings is 1. The van der Waals surface area contributed by atoms with Gasteiger partial charge >= 0.3 is 0 Å². The lowest BCUT2D eigenvalue weighted by atomic mass is 10.1. The third kappa shape index (κ3) is 2.50. The SMILES string of the molecule is COc1cc(OC)c(-c2noc(CN)n2)cc1CF. The van der Waals surface area contributed by atoms with Gasteiger partial charge in [-0.1, -0.05) is 5.16 Å². The van der Waals surface area contributed by atoms with E-state index in [-0.39, 0.29) is 6.54 Å². The molecule has 0 spiro atoms. The molecule has 0 radical (unpaired) electrons. The molecule has 1 aromatic heterocycles. The molecule has 0 fully saturated rings. The Morgan fingerprint density at radius 1 is 1.26 bits per heavy atom. The fourth-order valence-corrected chi connectivity index (χ4v) is 1.69. The Morgan fingerprint density at radius 3 is 2.53 bits per heavy atom. The van der Waals surface area contributed by atoms with Gasteiger partial charge in [0.05, 0.1) is 26.3 Å². The largest absolute Gasteiger partial charge is 0.496 e. The summed E-state index contributed by atoms with van der Waals surface area (Å²) in [5.74, 6) is 1.48. The monoisotopic (exact) mass is 267 g/mol. The van der Waals surface area contributed by atoms with Crippen molar-refractivity contribution < 1.29 is 18.4 Å². The topological polar surface area (TPSA) is 83.4 Å². The van der Waals surface area contributed by atoms with Gasteiger partial charge in [-0.3, -0.25) is 0 Å². The molecule has 0 aliphatic heterocycles. The quantitative estimate of drug-likeness (QED) is 0.887. The average molecular weight is 267 g/mol. The van der Waals surface area contributed by atoms with E-state index in [0.717, 1.165) is 0 Å². The van der Waals surface area contributed by atoms with E-state index in [1.165, 1.54) is 14.2 Å². The second kappa shape index (κ2) is 5.66. The zero-order valence-electron chi connectivity index (χ0n) is 10.6. The maximum absolute atomic E-state index is 13.0. The van der Waals surface area contributed by atoms with E-state index < -0.39 is 6.67 Å². The lowest BCUT2D eigenvalue weighted by Crippen LogP contribution is -1.97. The zero-order valence-corrected chi connectivity index (χ0v) is 10.6.